The molecule has 0 fully saturated rings. The average molecular weight is 351 g/mol. The lowest BCUT2D eigenvalue weighted by Gasteiger charge is -2.16. The van der Waals surface area contributed by atoms with E-state index in [-0.39, 0.29) is 6.10 Å². The molecule has 3 nitrogen and oxygen atoms in total. The molecule has 0 saturated heterocycles. The Hall–Kier alpha value is -0.290. The van der Waals surface area contributed by atoms with Crippen LogP contribution in [0.2, 0.25) is 5.02 Å². The summed E-state index contributed by atoms with van der Waals surface area (Å²) in [6.07, 6.45) is 1.08. The molecule has 0 radical (unpaired) electrons. The van der Waals surface area contributed by atoms with Crippen molar-refractivity contribution in [1.29, 1.82) is 0 Å². The number of ether oxygens (including phenoxy) is 2. The van der Waals surface area contributed by atoms with Crippen LogP contribution in [0.4, 0.5) is 0 Å². The molecule has 1 atom stereocenters. The van der Waals surface area contributed by atoms with Crippen molar-refractivity contribution in [3.63, 3.8) is 0 Å². The maximum Gasteiger partial charge on any atom is 0.139 e. The van der Waals surface area contributed by atoms with E-state index in [2.05, 4.69) is 21.2 Å². The van der Waals surface area contributed by atoms with E-state index in [0.717, 1.165) is 37.2 Å². The lowest BCUT2D eigenvalue weighted by atomic mass is 10.3. The molecule has 0 spiro atoms. The van der Waals surface area contributed by atoms with Gasteiger partial charge in [-0.2, -0.15) is 0 Å². The van der Waals surface area contributed by atoms with Gasteiger partial charge in [0.05, 0.1) is 5.02 Å². The van der Waals surface area contributed by atoms with Crippen LogP contribution < -0.4 is 10.1 Å². The molecule has 0 heterocycles. The normalized spacial score (nSPS) is 12.4. The first-order chi connectivity index (χ1) is 9.13. The van der Waals surface area contributed by atoms with Crippen LogP contribution in [0, 0.1) is 0 Å². The summed E-state index contributed by atoms with van der Waals surface area (Å²) in [6, 6.07) is 5.60. The van der Waals surface area contributed by atoms with Gasteiger partial charge in [-0.05, 0) is 45.0 Å². The molecule has 1 aromatic rings. The molecule has 0 amide bonds. The van der Waals surface area contributed by atoms with Gasteiger partial charge in [-0.15, -0.1) is 0 Å². The topological polar surface area (TPSA) is 30.5 Å². The Labute approximate surface area is 128 Å². The number of benzene rings is 1. The number of rotatable bonds is 9. The van der Waals surface area contributed by atoms with E-state index in [1.54, 1.807) is 0 Å². The largest absolute Gasteiger partial charge is 0.488 e. The number of hydrogen-bond acceptors (Lipinski definition) is 3. The average Bonchev–Trinajstić information content (AvgIpc) is 2.38. The minimum absolute atomic E-state index is 0.0684. The van der Waals surface area contributed by atoms with E-state index >= 15 is 0 Å². The van der Waals surface area contributed by atoms with Crippen molar-refractivity contribution < 1.29 is 9.47 Å². The molecule has 1 N–H and O–H groups in total. The van der Waals surface area contributed by atoms with Crippen molar-refractivity contribution in [3.05, 3.63) is 27.7 Å². The standard InChI is InChI=1S/C14H21BrClNO2/c1-3-18-8-4-7-17-10-11(2)19-14-9-12(15)5-6-13(14)16/h5-6,9,11,17H,3-4,7-8,10H2,1-2H3. The summed E-state index contributed by atoms with van der Waals surface area (Å²) < 4.78 is 12.0. The van der Waals surface area contributed by atoms with Crippen molar-refractivity contribution in [1.82, 2.24) is 5.32 Å². The highest BCUT2D eigenvalue weighted by Crippen LogP contribution is 2.28. The summed E-state index contributed by atoms with van der Waals surface area (Å²) >= 11 is 9.48. The zero-order valence-electron chi connectivity index (χ0n) is 11.4. The fourth-order valence-electron chi connectivity index (χ4n) is 1.57. The van der Waals surface area contributed by atoms with Crippen LogP contribution in [0.3, 0.4) is 0 Å². The van der Waals surface area contributed by atoms with Gasteiger partial charge < -0.3 is 14.8 Å². The van der Waals surface area contributed by atoms with Gasteiger partial charge in [-0.3, -0.25) is 0 Å². The van der Waals surface area contributed by atoms with E-state index in [4.69, 9.17) is 21.1 Å². The van der Waals surface area contributed by atoms with Crippen molar-refractivity contribution >= 4 is 27.5 Å². The van der Waals surface area contributed by atoms with Gasteiger partial charge in [0.2, 0.25) is 0 Å². The lowest BCUT2D eigenvalue weighted by Crippen LogP contribution is -2.30. The summed E-state index contributed by atoms with van der Waals surface area (Å²) in [4.78, 5) is 0. The Morgan fingerprint density at radius 3 is 2.95 bits per heavy atom. The summed E-state index contributed by atoms with van der Waals surface area (Å²) in [5.41, 5.74) is 0. The van der Waals surface area contributed by atoms with Crippen molar-refractivity contribution in [3.8, 4) is 5.75 Å². The molecule has 0 saturated carbocycles. The quantitative estimate of drug-likeness (QED) is 0.685. The zero-order chi connectivity index (χ0) is 14.1. The second-order valence-electron chi connectivity index (χ2n) is 4.26. The predicted octanol–water partition coefficient (Wildman–Crippen LogP) is 3.89. The SMILES string of the molecule is CCOCCCNCC(C)Oc1cc(Br)ccc1Cl. The molecule has 0 aromatic heterocycles. The van der Waals surface area contributed by atoms with Gasteiger partial charge in [-0.25, -0.2) is 0 Å². The van der Waals surface area contributed by atoms with Gasteiger partial charge in [0, 0.05) is 24.2 Å². The molecule has 19 heavy (non-hydrogen) atoms. The molecule has 1 unspecified atom stereocenters. The van der Waals surface area contributed by atoms with Gasteiger partial charge in [0.25, 0.3) is 0 Å². The van der Waals surface area contributed by atoms with Crippen molar-refractivity contribution in [2.24, 2.45) is 0 Å². The van der Waals surface area contributed by atoms with E-state index in [1.807, 2.05) is 32.0 Å². The number of halogens is 2. The smallest absolute Gasteiger partial charge is 0.139 e. The Morgan fingerprint density at radius 1 is 1.42 bits per heavy atom. The monoisotopic (exact) mass is 349 g/mol. The van der Waals surface area contributed by atoms with Crippen molar-refractivity contribution in [2.75, 3.05) is 26.3 Å². The van der Waals surface area contributed by atoms with Crippen LogP contribution in [-0.4, -0.2) is 32.4 Å². The van der Waals surface area contributed by atoms with Gasteiger partial charge in [-0.1, -0.05) is 27.5 Å². The molecule has 0 aliphatic heterocycles. The molecule has 1 rings (SSSR count). The fraction of sp³-hybridized carbons (Fsp3) is 0.571. The number of nitrogens with one attached hydrogen (secondary N) is 1. The molecule has 5 heteroatoms. The third kappa shape index (κ3) is 7.16. The van der Waals surface area contributed by atoms with E-state index < -0.39 is 0 Å². The van der Waals surface area contributed by atoms with E-state index in [9.17, 15) is 0 Å². The molecule has 0 aliphatic carbocycles. The Balaban J connectivity index is 2.23. The first-order valence-corrected chi connectivity index (χ1v) is 7.70. The van der Waals surface area contributed by atoms with Gasteiger partial charge >= 0.3 is 0 Å². The number of hydrogen-bond donors (Lipinski definition) is 1. The first-order valence-electron chi connectivity index (χ1n) is 6.53. The van der Waals surface area contributed by atoms with Crippen LogP contribution in [0.25, 0.3) is 0 Å². The minimum Gasteiger partial charge on any atom is -0.488 e. The van der Waals surface area contributed by atoms with Crippen LogP contribution in [-0.2, 0) is 4.74 Å². The Bertz CT molecular complexity index is 376. The Kier molecular flexibility index (Phi) is 8.46. The van der Waals surface area contributed by atoms with Crippen LogP contribution in [0.15, 0.2) is 22.7 Å². The van der Waals surface area contributed by atoms with Crippen molar-refractivity contribution in [2.45, 2.75) is 26.4 Å². The van der Waals surface area contributed by atoms with E-state index in [0.29, 0.717) is 10.8 Å². The molecule has 0 aliphatic rings. The summed E-state index contributed by atoms with van der Waals surface area (Å²) in [5, 5.41) is 3.97. The highest BCUT2D eigenvalue weighted by Gasteiger charge is 2.07. The highest BCUT2D eigenvalue weighted by molar-refractivity contribution is 9.10. The van der Waals surface area contributed by atoms with Crippen LogP contribution in [0.5, 0.6) is 5.75 Å². The summed E-state index contributed by atoms with van der Waals surface area (Å²) in [7, 11) is 0. The maximum atomic E-state index is 6.08. The van der Waals surface area contributed by atoms with Crippen LogP contribution >= 0.6 is 27.5 Å². The maximum absolute atomic E-state index is 6.08. The second-order valence-corrected chi connectivity index (χ2v) is 5.58. The Morgan fingerprint density at radius 2 is 2.21 bits per heavy atom. The highest BCUT2D eigenvalue weighted by atomic mass is 79.9. The predicted molar refractivity (Wildman–Crippen MR) is 83.2 cm³/mol. The molecule has 1 aromatic carbocycles. The lowest BCUT2D eigenvalue weighted by molar-refractivity contribution is 0.143. The molecular weight excluding hydrogens is 330 g/mol. The minimum atomic E-state index is 0.0684. The van der Waals surface area contributed by atoms with E-state index in [1.165, 1.54) is 0 Å². The summed E-state index contributed by atoms with van der Waals surface area (Å²) in [6.45, 7) is 7.32. The van der Waals surface area contributed by atoms with Gasteiger partial charge in [0.15, 0.2) is 0 Å². The fourth-order valence-corrected chi connectivity index (χ4v) is 2.08. The third-order valence-corrected chi connectivity index (χ3v) is 3.31. The first kappa shape index (κ1) is 16.8. The molecule has 108 valence electrons. The summed E-state index contributed by atoms with van der Waals surface area (Å²) in [5.74, 6) is 0.708. The molecule has 0 bridgehead atoms. The zero-order valence-corrected chi connectivity index (χ0v) is 13.8. The molecular formula is C14H21BrClNO2. The van der Waals surface area contributed by atoms with Gasteiger partial charge in [0.1, 0.15) is 11.9 Å². The second kappa shape index (κ2) is 9.59. The third-order valence-electron chi connectivity index (χ3n) is 2.50. The van der Waals surface area contributed by atoms with Crippen LogP contribution in [0.1, 0.15) is 20.3 Å².